The van der Waals surface area contributed by atoms with Crippen LogP contribution in [0.3, 0.4) is 0 Å². The number of amides is 1. The van der Waals surface area contributed by atoms with Crippen LogP contribution in [0, 0.1) is 0 Å². The van der Waals surface area contributed by atoms with E-state index in [9.17, 15) is 4.79 Å². The molecule has 1 aliphatic rings. The van der Waals surface area contributed by atoms with Crippen LogP contribution in [-0.4, -0.2) is 40.1 Å². The van der Waals surface area contributed by atoms with Crippen molar-refractivity contribution in [2.24, 2.45) is 0 Å². The first-order valence-corrected chi connectivity index (χ1v) is 5.86. The standard InChI is InChI=1S/C8H10ClN3O2S/c9-4-8(1-2-14-5-8)10-7(13)6-3-15-12-11-6/h3H,1-2,4-5H2,(H,10,13). The number of hydrogen-bond acceptors (Lipinski definition) is 5. The lowest BCUT2D eigenvalue weighted by Crippen LogP contribution is -2.50. The van der Waals surface area contributed by atoms with Gasteiger partial charge in [-0.2, -0.15) is 0 Å². The zero-order valence-electron chi connectivity index (χ0n) is 7.90. The lowest BCUT2D eigenvalue weighted by molar-refractivity contribution is 0.0886. The van der Waals surface area contributed by atoms with Gasteiger partial charge in [-0.25, -0.2) is 0 Å². The average molecular weight is 248 g/mol. The Bertz CT molecular complexity index is 338. The summed E-state index contributed by atoms with van der Waals surface area (Å²) in [6.07, 6.45) is 0.736. The molecule has 0 spiro atoms. The van der Waals surface area contributed by atoms with Crippen LogP contribution in [0.5, 0.6) is 0 Å². The maximum Gasteiger partial charge on any atom is 0.273 e. The van der Waals surface area contributed by atoms with E-state index < -0.39 is 5.54 Å². The van der Waals surface area contributed by atoms with Gasteiger partial charge in [-0.15, -0.1) is 16.7 Å². The third-order valence-electron chi connectivity index (χ3n) is 2.33. The molecule has 5 nitrogen and oxygen atoms in total. The van der Waals surface area contributed by atoms with Crippen LogP contribution in [0.4, 0.5) is 0 Å². The Hall–Kier alpha value is -0.720. The van der Waals surface area contributed by atoms with Gasteiger partial charge in [0, 0.05) is 17.9 Å². The predicted octanol–water partition coefficient (Wildman–Crippen LogP) is 0.666. The molecule has 1 atom stereocenters. The summed E-state index contributed by atoms with van der Waals surface area (Å²) < 4.78 is 8.87. The zero-order valence-corrected chi connectivity index (χ0v) is 9.48. The van der Waals surface area contributed by atoms with Crippen molar-refractivity contribution in [3.63, 3.8) is 0 Å². The minimum absolute atomic E-state index is 0.241. The topological polar surface area (TPSA) is 64.1 Å². The lowest BCUT2D eigenvalue weighted by Gasteiger charge is -2.25. The highest BCUT2D eigenvalue weighted by atomic mass is 35.5. The minimum Gasteiger partial charge on any atom is -0.379 e. The molecule has 0 bridgehead atoms. The predicted molar refractivity (Wildman–Crippen MR) is 56.3 cm³/mol. The van der Waals surface area contributed by atoms with Crippen molar-refractivity contribution in [1.29, 1.82) is 0 Å². The van der Waals surface area contributed by atoms with Gasteiger partial charge in [-0.05, 0) is 18.0 Å². The van der Waals surface area contributed by atoms with Gasteiger partial charge < -0.3 is 10.1 Å². The molecule has 1 saturated heterocycles. The number of nitrogens with one attached hydrogen (secondary N) is 1. The molecule has 1 fully saturated rings. The van der Waals surface area contributed by atoms with Crippen molar-refractivity contribution in [3.8, 4) is 0 Å². The Morgan fingerprint density at radius 3 is 3.20 bits per heavy atom. The molecule has 1 aromatic rings. The highest BCUT2D eigenvalue weighted by Crippen LogP contribution is 2.20. The molecule has 1 amide bonds. The second-order valence-corrected chi connectivity index (χ2v) is 4.34. The summed E-state index contributed by atoms with van der Waals surface area (Å²) in [5, 5.41) is 8.15. The number of alkyl halides is 1. The second-order valence-electron chi connectivity index (χ2n) is 3.46. The third kappa shape index (κ3) is 2.27. The Kier molecular flexibility index (Phi) is 3.18. The fourth-order valence-electron chi connectivity index (χ4n) is 1.41. The highest BCUT2D eigenvalue weighted by molar-refractivity contribution is 7.03. The van der Waals surface area contributed by atoms with E-state index in [1.807, 2.05) is 0 Å². The molecule has 1 aromatic heterocycles. The largest absolute Gasteiger partial charge is 0.379 e. The van der Waals surface area contributed by atoms with Gasteiger partial charge >= 0.3 is 0 Å². The van der Waals surface area contributed by atoms with Crippen molar-refractivity contribution in [3.05, 3.63) is 11.1 Å². The first-order chi connectivity index (χ1) is 7.26. The van der Waals surface area contributed by atoms with Crippen LogP contribution in [0.1, 0.15) is 16.9 Å². The molecule has 1 N–H and O–H groups in total. The summed E-state index contributed by atoms with van der Waals surface area (Å²) in [5.41, 5.74) is -0.112. The average Bonchev–Trinajstić information content (AvgIpc) is 2.88. The number of carbonyl (C=O) groups excluding carboxylic acids is 1. The van der Waals surface area contributed by atoms with Gasteiger partial charge in [0.05, 0.1) is 12.1 Å². The van der Waals surface area contributed by atoms with Gasteiger partial charge in [-0.1, -0.05) is 4.49 Å². The van der Waals surface area contributed by atoms with Crippen LogP contribution in [0.2, 0.25) is 0 Å². The zero-order chi connectivity index (χ0) is 10.7. The van der Waals surface area contributed by atoms with Crippen molar-refractivity contribution < 1.29 is 9.53 Å². The summed E-state index contributed by atoms with van der Waals surface area (Å²) in [4.78, 5) is 11.7. The minimum atomic E-state index is -0.442. The molecule has 0 aliphatic carbocycles. The number of halogens is 1. The molecular formula is C8H10ClN3O2S. The number of ether oxygens (including phenoxy) is 1. The summed E-state index contributed by atoms with van der Waals surface area (Å²) in [7, 11) is 0. The van der Waals surface area contributed by atoms with Crippen molar-refractivity contribution in [1.82, 2.24) is 14.9 Å². The highest BCUT2D eigenvalue weighted by Gasteiger charge is 2.36. The van der Waals surface area contributed by atoms with E-state index in [2.05, 4.69) is 14.9 Å². The Morgan fingerprint density at radius 2 is 2.67 bits per heavy atom. The van der Waals surface area contributed by atoms with E-state index in [1.165, 1.54) is 0 Å². The summed E-state index contributed by atoms with van der Waals surface area (Å²) >= 11 is 6.99. The van der Waals surface area contributed by atoms with Crippen LogP contribution >= 0.6 is 23.1 Å². The van der Waals surface area contributed by atoms with E-state index in [1.54, 1.807) is 5.38 Å². The number of aromatic nitrogens is 2. The SMILES string of the molecule is O=C(NC1(CCl)CCOC1)c1csnn1. The van der Waals surface area contributed by atoms with Crippen molar-refractivity contribution in [2.45, 2.75) is 12.0 Å². The van der Waals surface area contributed by atoms with Gasteiger partial charge in [0.15, 0.2) is 5.69 Å². The first-order valence-electron chi connectivity index (χ1n) is 4.49. The van der Waals surface area contributed by atoms with Gasteiger partial charge in [0.2, 0.25) is 0 Å². The Balaban J connectivity index is 2.04. The summed E-state index contributed by atoms with van der Waals surface area (Å²) in [6, 6.07) is 0. The lowest BCUT2D eigenvalue weighted by atomic mass is 10.0. The molecule has 0 aromatic carbocycles. The summed E-state index contributed by atoms with van der Waals surface area (Å²) in [6.45, 7) is 1.09. The molecule has 82 valence electrons. The molecule has 2 heterocycles. The van der Waals surface area contributed by atoms with E-state index in [-0.39, 0.29) is 5.91 Å². The molecule has 0 radical (unpaired) electrons. The molecule has 15 heavy (non-hydrogen) atoms. The number of carbonyl (C=O) groups is 1. The van der Waals surface area contributed by atoms with Crippen LogP contribution in [0.25, 0.3) is 0 Å². The normalized spacial score (nSPS) is 25.4. The van der Waals surface area contributed by atoms with E-state index in [4.69, 9.17) is 16.3 Å². The van der Waals surface area contributed by atoms with E-state index in [0.29, 0.717) is 24.8 Å². The van der Waals surface area contributed by atoms with Crippen molar-refractivity contribution in [2.75, 3.05) is 19.1 Å². The van der Waals surface area contributed by atoms with Crippen LogP contribution in [-0.2, 0) is 4.74 Å². The fraction of sp³-hybridized carbons (Fsp3) is 0.625. The quantitative estimate of drug-likeness (QED) is 0.798. The number of rotatable bonds is 3. The molecule has 7 heteroatoms. The molecule has 2 rings (SSSR count). The maximum atomic E-state index is 11.7. The Labute approximate surface area is 95.9 Å². The first kappa shape index (κ1) is 10.8. The molecule has 0 saturated carbocycles. The van der Waals surface area contributed by atoms with Crippen molar-refractivity contribution >= 4 is 29.0 Å². The van der Waals surface area contributed by atoms with E-state index in [0.717, 1.165) is 18.0 Å². The smallest absolute Gasteiger partial charge is 0.273 e. The van der Waals surface area contributed by atoms with Gasteiger partial charge in [-0.3, -0.25) is 4.79 Å². The Morgan fingerprint density at radius 1 is 1.80 bits per heavy atom. The number of nitrogens with zero attached hydrogens (tertiary/aromatic N) is 2. The van der Waals surface area contributed by atoms with E-state index >= 15 is 0 Å². The van der Waals surface area contributed by atoms with Crippen LogP contribution in [0.15, 0.2) is 5.38 Å². The molecular weight excluding hydrogens is 238 g/mol. The third-order valence-corrected chi connectivity index (χ3v) is 3.35. The van der Waals surface area contributed by atoms with Gasteiger partial charge in [0.1, 0.15) is 0 Å². The molecule has 1 aliphatic heterocycles. The van der Waals surface area contributed by atoms with Crippen LogP contribution < -0.4 is 5.32 Å². The number of hydrogen-bond donors (Lipinski definition) is 1. The fourth-order valence-corrected chi connectivity index (χ4v) is 2.13. The monoisotopic (exact) mass is 247 g/mol. The second kappa shape index (κ2) is 4.42. The van der Waals surface area contributed by atoms with Gasteiger partial charge in [0.25, 0.3) is 5.91 Å². The maximum absolute atomic E-state index is 11.7. The summed E-state index contributed by atoms with van der Waals surface area (Å²) in [5.74, 6) is 0.103. The molecule has 1 unspecified atom stereocenters.